The van der Waals surface area contributed by atoms with E-state index >= 15 is 0 Å². The van der Waals surface area contributed by atoms with E-state index in [0.717, 1.165) is 24.0 Å². The van der Waals surface area contributed by atoms with Gasteiger partial charge in [-0.25, -0.2) is 0 Å². The molecule has 1 atom stereocenters. The Balaban J connectivity index is 1.60. The highest BCUT2D eigenvalue weighted by Gasteiger charge is 2.26. The van der Waals surface area contributed by atoms with Crippen LogP contribution >= 0.6 is 0 Å². The molecular weight excluding hydrogens is 262 g/mol. The predicted octanol–water partition coefficient (Wildman–Crippen LogP) is 3.13. The number of hydrogen-bond acceptors (Lipinski definition) is 4. The molecule has 118 valence electrons. The van der Waals surface area contributed by atoms with Gasteiger partial charge in [-0.15, -0.1) is 0 Å². The van der Waals surface area contributed by atoms with E-state index in [1.165, 1.54) is 70.3 Å². The first-order valence-electron chi connectivity index (χ1n) is 8.62. The lowest BCUT2D eigenvalue weighted by Gasteiger charge is -2.39. The number of aromatic nitrogens is 1. The van der Waals surface area contributed by atoms with E-state index in [2.05, 4.69) is 21.9 Å². The highest BCUT2D eigenvalue weighted by molar-refractivity contribution is 5.20. The van der Waals surface area contributed by atoms with Crippen LogP contribution in [0, 0.1) is 13.8 Å². The van der Waals surface area contributed by atoms with Gasteiger partial charge in [-0.2, -0.15) is 0 Å². The van der Waals surface area contributed by atoms with Crippen molar-refractivity contribution in [2.24, 2.45) is 0 Å². The van der Waals surface area contributed by atoms with Crippen LogP contribution in [0.4, 0.5) is 0 Å². The van der Waals surface area contributed by atoms with Gasteiger partial charge in [0.1, 0.15) is 5.76 Å². The Morgan fingerprint density at radius 1 is 1.05 bits per heavy atom. The Kier molecular flexibility index (Phi) is 4.96. The van der Waals surface area contributed by atoms with Crippen molar-refractivity contribution in [1.29, 1.82) is 0 Å². The topological polar surface area (TPSA) is 32.5 Å². The van der Waals surface area contributed by atoms with Crippen LogP contribution in [0.5, 0.6) is 0 Å². The Hall–Kier alpha value is -0.870. The third-order valence-electron chi connectivity index (χ3n) is 5.20. The standard InChI is InChI=1S/C17H29N3O/c1-14-17(15(2)21-18-14)13-19-9-7-8-16(12-19)20-10-5-3-4-6-11-20/h16H,3-13H2,1-2H3/t16-/m1/s1. The highest BCUT2D eigenvalue weighted by Crippen LogP contribution is 2.23. The van der Waals surface area contributed by atoms with Gasteiger partial charge in [0.15, 0.2) is 0 Å². The second kappa shape index (κ2) is 6.93. The van der Waals surface area contributed by atoms with Crippen molar-refractivity contribution in [2.75, 3.05) is 26.2 Å². The number of hydrogen-bond donors (Lipinski definition) is 0. The quantitative estimate of drug-likeness (QED) is 0.856. The average Bonchev–Trinajstić information content (AvgIpc) is 2.74. The fourth-order valence-electron chi connectivity index (χ4n) is 3.88. The molecule has 0 N–H and O–H groups in total. The summed E-state index contributed by atoms with van der Waals surface area (Å²) in [6.45, 7) is 10.1. The molecule has 0 saturated carbocycles. The van der Waals surface area contributed by atoms with Crippen molar-refractivity contribution < 1.29 is 4.52 Å². The second-order valence-electron chi connectivity index (χ2n) is 6.78. The number of nitrogens with zero attached hydrogens (tertiary/aromatic N) is 3. The molecule has 1 aromatic rings. The van der Waals surface area contributed by atoms with Crippen LogP contribution in [0.15, 0.2) is 4.52 Å². The maximum absolute atomic E-state index is 5.31. The zero-order valence-corrected chi connectivity index (χ0v) is 13.6. The third kappa shape index (κ3) is 3.67. The Morgan fingerprint density at radius 3 is 2.48 bits per heavy atom. The minimum absolute atomic E-state index is 0.761. The summed E-state index contributed by atoms with van der Waals surface area (Å²) in [5.74, 6) is 0.990. The molecule has 21 heavy (non-hydrogen) atoms. The average molecular weight is 291 g/mol. The summed E-state index contributed by atoms with van der Waals surface area (Å²) in [4.78, 5) is 5.36. The Labute approximate surface area is 128 Å². The first kappa shape index (κ1) is 15.0. The molecule has 4 heteroatoms. The van der Waals surface area contributed by atoms with Crippen molar-refractivity contribution in [1.82, 2.24) is 15.0 Å². The van der Waals surface area contributed by atoms with Crippen LogP contribution in [0.25, 0.3) is 0 Å². The second-order valence-corrected chi connectivity index (χ2v) is 6.78. The van der Waals surface area contributed by atoms with Crippen molar-refractivity contribution in [3.05, 3.63) is 17.0 Å². The first-order valence-corrected chi connectivity index (χ1v) is 8.62. The lowest BCUT2D eigenvalue weighted by molar-refractivity contribution is 0.0952. The highest BCUT2D eigenvalue weighted by atomic mass is 16.5. The molecule has 0 amide bonds. The molecule has 3 rings (SSSR count). The fraction of sp³-hybridized carbons (Fsp3) is 0.824. The number of aryl methyl sites for hydroxylation is 2. The molecule has 2 aliphatic heterocycles. The maximum atomic E-state index is 5.31. The molecule has 0 unspecified atom stereocenters. The normalized spacial score (nSPS) is 25.9. The zero-order valence-electron chi connectivity index (χ0n) is 13.6. The molecule has 1 aromatic heterocycles. The van der Waals surface area contributed by atoms with E-state index in [9.17, 15) is 0 Å². The largest absolute Gasteiger partial charge is 0.361 e. The van der Waals surface area contributed by atoms with E-state index in [-0.39, 0.29) is 0 Å². The summed E-state index contributed by atoms with van der Waals surface area (Å²) in [6, 6.07) is 0.761. The van der Waals surface area contributed by atoms with Gasteiger partial charge in [0.05, 0.1) is 5.69 Å². The van der Waals surface area contributed by atoms with Gasteiger partial charge in [-0.1, -0.05) is 18.0 Å². The van der Waals surface area contributed by atoms with E-state index in [0.29, 0.717) is 0 Å². The molecular formula is C17H29N3O. The van der Waals surface area contributed by atoms with Crippen LogP contribution in [0.1, 0.15) is 55.5 Å². The van der Waals surface area contributed by atoms with Crippen LogP contribution in [0.3, 0.4) is 0 Å². The van der Waals surface area contributed by atoms with Gasteiger partial charge < -0.3 is 4.52 Å². The summed E-state index contributed by atoms with van der Waals surface area (Å²) < 4.78 is 5.31. The van der Waals surface area contributed by atoms with E-state index in [1.807, 2.05) is 6.92 Å². The summed E-state index contributed by atoms with van der Waals surface area (Å²) in [5, 5.41) is 4.09. The zero-order chi connectivity index (χ0) is 14.7. The molecule has 0 aromatic carbocycles. The third-order valence-corrected chi connectivity index (χ3v) is 5.20. The number of piperidine rings is 1. The van der Waals surface area contributed by atoms with Crippen molar-refractivity contribution >= 4 is 0 Å². The molecule has 3 heterocycles. The van der Waals surface area contributed by atoms with Crippen molar-refractivity contribution in [3.63, 3.8) is 0 Å². The summed E-state index contributed by atoms with van der Waals surface area (Å²) >= 11 is 0. The predicted molar refractivity (Wildman–Crippen MR) is 84.3 cm³/mol. The molecule has 0 spiro atoms. The minimum Gasteiger partial charge on any atom is -0.361 e. The first-order chi connectivity index (χ1) is 10.2. The Bertz CT molecular complexity index is 429. The molecule has 2 aliphatic rings. The molecule has 4 nitrogen and oxygen atoms in total. The summed E-state index contributed by atoms with van der Waals surface area (Å²) in [6.07, 6.45) is 8.32. The van der Waals surface area contributed by atoms with E-state index < -0.39 is 0 Å². The molecule has 0 aliphatic carbocycles. The van der Waals surface area contributed by atoms with Crippen molar-refractivity contribution in [3.8, 4) is 0 Å². The lowest BCUT2D eigenvalue weighted by Crippen LogP contribution is -2.48. The minimum atomic E-state index is 0.761. The van der Waals surface area contributed by atoms with Crippen LogP contribution in [0.2, 0.25) is 0 Å². The molecule has 2 fully saturated rings. The van der Waals surface area contributed by atoms with Gasteiger partial charge >= 0.3 is 0 Å². The fourth-order valence-corrected chi connectivity index (χ4v) is 3.88. The molecule has 0 bridgehead atoms. The van der Waals surface area contributed by atoms with Gasteiger partial charge in [0.25, 0.3) is 0 Å². The number of likely N-dealkylation sites (tertiary alicyclic amines) is 2. The van der Waals surface area contributed by atoms with Crippen LogP contribution in [-0.2, 0) is 6.54 Å². The maximum Gasteiger partial charge on any atom is 0.138 e. The Morgan fingerprint density at radius 2 is 1.81 bits per heavy atom. The number of rotatable bonds is 3. The van der Waals surface area contributed by atoms with E-state index in [1.54, 1.807) is 0 Å². The van der Waals surface area contributed by atoms with Gasteiger partial charge in [-0.05, 0) is 59.2 Å². The monoisotopic (exact) mass is 291 g/mol. The molecule has 0 radical (unpaired) electrons. The van der Waals surface area contributed by atoms with Gasteiger partial charge in [0, 0.05) is 24.7 Å². The van der Waals surface area contributed by atoms with E-state index in [4.69, 9.17) is 4.52 Å². The summed E-state index contributed by atoms with van der Waals surface area (Å²) in [5.41, 5.74) is 2.36. The smallest absolute Gasteiger partial charge is 0.138 e. The van der Waals surface area contributed by atoms with Crippen LogP contribution in [-0.4, -0.2) is 47.2 Å². The SMILES string of the molecule is Cc1noc(C)c1CN1CCC[C@@H](N2CCCCCC2)C1. The van der Waals surface area contributed by atoms with Crippen molar-refractivity contribution in [2.45, 2.75) is 65.0 Å². The molecule has 2 saturated heterocycles. The summed E-state index contributed by atoms with van der Waals surface area (Å²) in [7, 11) is 0. The van der Waals surface area contributed by atoms with Gasteiger partial charge in [-0.3, -0.25) is 9.80 Å². The van der Waals surface area contributed by atoms with Crippen LogP contribution < -0.4 is 0 Å². The lowest BCUT2D eigenvalue weighted by atomic mass is 10.0. The van der Waals surface area contributed by atoms with Gasteiger partial charge in [0.2, 0.25) is 0 Å².